The molecule has 0 spiro atoms. The highest BCUT2D eigenvalue weighted by molar-refractivity contribution is 7.99. The molecule has 1 fully saturated rings. The van der Waals surface area contributed by atoms with Crippen molar-refractivity contribution < 1.29 is 4.79 Å². The number of rotatable bonds is 5. The second-order valence-electron chi connectivity index (χ2n) is 7.76. The summed E-state index contributed by atoms with van der Waals surface area (Å²) in [6.07, 6.45) is 4.57. The highest BCUT2D eigenvalue weighted by atomic mass is 35.5. The first-order chi connectivity index (χ1) is 14.5. The van der Waals surface area contributed by atoms with Gasteiger partial charge in [-0.05, 0) is 49.1 Å². The average molecular weight is 442 g/mol. The Kier molecular flexibility index (Phi) is 6.44. The minimum atomic E-state index is -0.174. The Morgan fingerprint density at radius 3 is 2.80 bits per heavy atom. The number of halogens is 1. The SMILES string of the molecule is C[C@H]1CCCC[C@@H]1NC(=O)CSc1nc2ccccc2c(=O)n1-c1cccc(Cl)c1. The molecular formula is C23H24ClN3O2S. The van der Waals surface area contributed by atoms with Crippen LogP contribution in [0.3, 0.4) is 0 Å². The Morgan fingerprint density at radius 1 is 1.20 bits per heavy atom. The van der Waals surface area contributed by atoms with Crippen LogP contribution in [0.1, 0.15) is 32.6 Å². The molecule has 0 saturated heterocycles. The van der Waals surface area contributed by atoms with Crippen LogP contribution in [-0.4, -0.2) is 27.3 Å². The van der Waals surface area contributed by atoms with Crippen molar-refractivity contribution in [3.8, 4) is 5.69 Å². The molecule has 0 bridgehead atoms. The van der Waals surface area contributed by atoms with Gasteiger partial charge in [0.2, 0.25) is 5.91 Å². The summed E-state index contributed by atoms with van der Waals surface area (Å²) in [7, 11) is 0. The highest BCUT2D eigenvalue weighted by Gasteiger charge is 2.23. The van der Waals surface area contributed by atoms with Crippen LogP contribution in [-0.2, 0) is 4.79 Å². The lowest BCUT2D eigenvalue weighted by Gasteiger charge is -2.29. The number of nitrogens with zero attached hydrogens (tertiary/aromatic N) is 2. The number of hydrogen-bond donors (Lipinski definition) is 1. The van der Waals surface area contributed by atoms with Crippen molar-refractivity contribution in [3.05, 3.63) is 63.9 Å². The van der Waals surface area contributed by atoms with Crippen molar-refractivity contribution in [2.24, 2.45) is 5.92 Å². The van der Waals surface area contributed by atoms with Gasteiger partial charge in [-0.2, -0.15) is 0 Å². The van der Waals surface area contributed by atoms with Crippen LogP contribution in [0, 0.1) is 5.92 Å². The lowest BCUT2D eigenvalue weighted by Crippen LogP contribution is -2.41. The van der Waals surface area contributed by atoms with Gasteiger partial charge in [0, 0.05) is 11.1 Å². The molecular weight excluding hydrogens is 418 g/mol. The maximum atomic E-state index is 13.2. The van der Waals surface area contributed by atoms with Crippen LogP contribution < -0.4 is 10.9 Å². The van der Waals surface area contributed by atoms with E-state index in [2.05, 4.69) is 17.2 Å². The monoisotopic (exact) mass is 441 g/mol. The van der Waals surface area contributed by atoms with Crippen molar-refractivity contribution in [1.29, 1.82) is 0 Å². The summed E-state index contributed by atoms with van der Waals surface area (Å²) < 4.78 is 1.54. The molecule has 1 N–H and O–H groups in total. The van der Waals surface area contributed by atoms with Gasteiger partial charge in [0.1, 0.15) is 0 Å². The van der Waals surface area contributed by atoms with Gasteiger partial charge in [-0.3, -0.25) is 14.2 Å². The van der Waals surface area contributed by atoms with E-state index in [0.29, 0.717) is 32.7 Å². The fraction of sp³-hybridized carbons (Fsp3) is 0.348. The highest BCUT2D eigenvalue weighted by Crippen LogP contribution is 2.25. The molecule has 1 saturated carbocycles. The summed E-state index contributed by atoms with van der Waals surface area (Å²) in [5, 5.41) is 4.71. The number of nitrogens with one attached hydrogen (secondary N) is 1. The number of carbonyl (C=O) groups excluding carboxylic acids is 1. The molecule has 0 radical (unpaired) electrons. The number of benzene rings is 2. The Bertz CT molecular complexity index is 1130. The van der Waals surface area contributed by atoms with Gasteiger partial charge in [-0.1, -0.05) is 61.3 Å². The number of para-hydroxylation sites is 1. The maximum absolute atomic E-state index is 13.2. The number of amides is 1. The molecule has 0 aliphatic heterocycles. The summed E-state index contributed by atoms with van der Waals surface area (Å²) in [4.78, 5) is 30.5. The molecule has 1 aliphatic carbocycles. The Hall–Kier alpha value is -2.31. The molecule has 2 aromatic carbocycles. The molecule has 7 heteroatoms. The molecule has 4 rings (SSSR count). The fourth-order valence-corrected chi connectivity index (χ4v) is 4.97. The van der Waals surface area contributed by atoms with E-state index in [1.807, 2.05) is 24.3 Å². The molecule has 1 aliphatic rings. The molecule has 1 aromatic heterocycles. The molecule has 1 amide bonds. The lowest BCUT2D eigenvalue weighted by molar-refractivity contribution is -0.119. The quantitative estimate of drug-likeness (QED) is 0.455. The van der Waals surface area contributed by atoms with E-state index >= 15 is 0 Å². The zero-order valence-electron chi connectivity index (χ0n) is 16.8. The number of thioether (sulfide) groups is 1. The van der Waals surface area contributed by atoms with E-state index in [4.69, 9.17) is 11.6 Å². The second-order valence-corrected chi connectivity index (χ2v) is 9.14. The molecule has 2 atom stereocenters. The number of fused-ring (bicyclic) bond motifs is 1. The van der Waals surface area contributed by atoms with Crippen LogP contribution >= 0.6 is 23.4 Å². The summed E-state index contributed by atoms with van der Waals surface area (Å²) in [5.74, 6) is 0.670. The van der Waals surface area contributed by atoms with Crippen LogP contribution in [0.15, 0.2) is 58.5 Å². The van der Waals surface area contributed by atoms with Crippen LogP contribution in [0.2, 0.25) is 5.02 Å². The number of hydrogen-bond acceptors (Lipinski definition) is 4. The first-order valence-corrected chi connectivity index (χ1v) is 11.6. The number of carbonyl (C=O) groups is 1. The normalized spacial score (nSPS) is 19.0. The van der Waals surface area contributed by atoms with Gasteiger partial charge in [-0.15, -0.1) is 0 Å². The van der Waals surface area contributed by atoms with Crippen molar-refractivity contribution in [2.75, 3.05) is 5.75 Å². The van der Waals surface area contributed by atoms with Crippen molar-refractivity contribution in [1.82, 2.24) is 14.9 Å². The summed E-state index contributed by atoms with van der Waals surface area (Å²) in [5.41, 5.74) is 1.07. The largest absolute Gasteiger partial charge is 0.352 e. The van der Waals surface area contributed by atoms with Gasteiger partial charge in [0.05, 0.1) is 22.3 Å². The van der Waals surface area contributed by atoms with Crippen LogP contribution in [0.5, 0.6) is 0 Å². The van der Waals surface area contributed by atoms with Crippen molar-refractivity contribution in [2.45, 2.75) is 43.8 Å². The van der Waals surface area contributed by atoms with Gasteiger partial charge in [0.15, 0.2) is 5.16 Å². The minimum absolute atomic E-state index is 0.0289. The topological polar surface area (TPSA) is 64.0 Å². The summed E-state index contributed by atoms with van der Waals surface area (Å²) >= 11 is 7.43. The lowest BCUT2D eigenvalue weighted by atomic mass is 9.86. The molecule has 5 nitrogen and oxygen atoms in total. The number of aromatic nitrogens is 2. The average Bonchev–Trinajstić information content (AvgIpc) is 2.74. The predicted octanol–water partition coefficient (Wildman–Crippen LogP) is 4.83. The maximum Gasteiger partial charge on any atom is 0.266 e. The molecule has 0 unspecified atom stereocenters. The molecule has 3 aromatic rings. The first kappa shape index (κ1) is 20.9. The van der Waals surface area contributed by atoms with E-state index in [9.17, 15) is 9.59 Å². The third-order valence-corrected chi connectivity index (χ3v) is 6.78. The van der Waals surface area contributed by atoms with E-state index in [1.165, 1.54) is 22.7 Å². The summed E-state index contributed by atoms with van der Waals surface area (Å²) in [6.45, 7) is 2.19. The zero-order chi connectivity index (χ0) is 21.1. The second kappa shape index (κ2) is 9.23. The zero-order valence-corrected chi connectivity index (χ0v) is 18.4. The predicted molar refractivity (Wildman–Crippen MR) is 123 cm³/mol. The molecule has 1 heterocycles. The molecule has 156 valence electrons. The first-order valence-electron chi connectivity index (χ1n) is 10.2. The van der Waals surface area contributed by atoms with E-state index in [0.717, 1.165) is 19.3 Å². The Labute approximate surface area is 184 Å². The van der Waals surface area contributed by atoms with Crippen molar-refractivity contribution in [3.63, 3.8) is 0 Å². The van der Waals surface area contributed by atoms with Crippen LogP contribution in [0.25, 0.3) is 16.6 Å². The Morgan fingerprint density at radius 2 is 2.00 bits per heavy atom. The molecule has 30 heavy (non-hydrogen) atoms. The summed E-state index contributed by atoms with van der Waals surface area (Å²) in [6, 6.07) is 14.6. The minimum Gasteiger partial charge on any atom is -0.352 e. The van der Waals surface area contributed by atoms with E-state index < -0.39 is 0 Å². The van der Waals surface area contributed by atoms with Crippen LogP contribution in [0.4, 0.5) is 0 Å². The van der Waals surface area contributed by atoms with Gasteiger partial charge in [0.25, 0.3) is 5.56 Å². The third kappa shape index (κ3) is 4.55. The standard InChI is InChI=1S/C23H24ClN3O2S/c1-15-7-2-4-11-19(15)25-21(28)14-30-23-26-20-12-5-3-10-18(20)22(29)27(23)17-9-6-8-16(24)13-17/h3,5-6,8-10,12-13,15,19H,2,4,7,11,14H2,1H3,(H,25,28)/t15-,19-/m0/s1. The fourth-order valence-electron chi connectivity index (χ4n) is 3.96. The van der Waals surface area contributed by atoms with Crippen molar-refractivity contribution >= 4 is 40.2 Å². The smallest absolute Gasteiger partial charge is 0.266 e. The van der Waals surface area contributed by atoms with Gasteiger partial charge >= 0.3 is 0 Å². The third-order valence-electron chi connectivity index (χ3n) is 5.60. The van der Waals surface area contributed by atoms with Gasteiger partial charge in [-0.25, -0.2) is 4.98 Å². The van der Waals surface area contributed by atoms with E-state index in [1.54, 1.807) is 24.3 Å². The Balaban J connectivity index is 1.63. The van der Waals surface area contributed by atoms with Gasteiger partial charge < -0.3 is 5.32 Å². The van der Waals surface area contributed by atoms with E-state index in [-0.39, 0.29) is 23.3 Å².